The van der Waals surface area contributed by atoms with E-state index in [1.165, 1.54) is 18.5 Å². The molecular formula is C14H18BrClN2. The van der Waals surface area contributed by atoms with Gasteiger partial charge in [-0.3, -0.25) is 0 Å². The third kappa shape index (κ3) is 2.40. The summed E-state index contributed by atoms with van der Waals surface area (Å²) in [6, 6.07) is 6.21. The molecule has 1 aromatic carbocycles. The summed E-state index contributed by atoms with van der Waals surface area (Å²) in [5.74, 6) is 0.857. The lowest BCUT2D eigenvalue weighted by atomic mass is 9.92. The number of rotatable bonds is 2. The average Bonchev–Trinajstić information content (AvgIpc) is 3.17. The summed E-state index contributed by atoms with van der Waals surface area (Å²) in [7, 11) is 0. The first-order valence-electron chi connectivity index (χ1n) is 6.53. The van der Waals surface area contributed by atoms with Crippen LogP contribution in [0.2, 0.25) is 5.02 Å². The maximum absolute atomic E-state index is 6.06. The van der Waals surface area contributed by atoms with Crippen LogP contribution in [0.5, 0.6) is 0 Å². The van der Waals surface area contributed by atoms with E-state index in [1.807, 2.05) is 6.07 Å². The molecule has 1 heterocycles. The summed E-state index contributed by atoms with van der Waals surface area (Å²) in [5.41, 5.74) is 1.55. The Balaban J connectivity index is 1.81. The lowest BCUT2D eigenvalue weighted by Gasteiger charge is -2.43. The molecule has 1 aromatic rings. The Kier molecular flexibility index (Phi) is 3.33. The van der Waals surface area contributed by atoms with Crippen molar-refractivity contribution in [1.29, 1.82) is 0 Å². The zero-order valence-corrected chi connectivity index (χ0v) is 12.9. The quantitative estimate of drug-likeness (QED) is 0.890. The smallest absolute Gasteiger partial charge is 0.0549 e. The van der Waals surface area contributed by atoms with E-state index in [9.17, 15) is 0 Å². The molecule has 0 spiro atoms. The first kappa shape index (κ1) is 12.8. The Morgan fingerprint density at radius 1 is 1.44 bits per heavy atom. The molecule has 3 rings (SSSR count). The minimum atomic E-state index is 0.282. The molecule has 1 aliphatic heterocycles. The highest BCUT2D eigenvalue weighted by molar-refractivity contribution is 9.10. The second-order valence-electron chi connectivity index (χ2n) is 5.64. The van der Waals surface area contributed by atoms with E-state index in [2.05, 4.69) is 45.2 Å². The van der Waals surface area contributed by atoms with Crippen LogP contribution in [-0.2, 0) is 0 Å². The van der Waals surface area contributed by atoms with Crippen LogP contribution >= 0.6 is 27.5 Å². The van der Waals surface area contributed by atoms with E-state index >= 15 is 0 Å². The standard InChI is InChI=1S/C14H18BrClN2/c1-14(10-2-3-10)9-18(7-6-17-14)11-4-5-13(16)12(15)8-11/h4-5,8,10,17H,2-3,6-7,9H2,1H3. The summed E-state index contributed by atoms with van der Waals surface area (Å²) < 4.78 is 0.980. The van der Waals surface area contributed by atoms with Gasteiger partial charge in [0.2, 0.25) is 0 Å². The Morgan fingerprint density at radius 3 is 2.89 bits per heavy atom. The normalized spacial score (nSPS) is 28.5. The van der Waals surface area contributed by atoms with Crippen LogP contribution in [0, 0.1) is 5.92 Å². The first-order valence-corrected chi connectivity index (χ1v) is 7.71. The molecule has 1 aliphatic carbocycles. The SMILES string of the molecule is CC1(C2CC2)CN(c2ccc(Cl)c(Br)c2)CCN1. The number of nitrogens with one attached hydrogen (secondary N) is 1. The molecule has 1 atom stereocenters. The van der Waals surface area contributed by atoms with Gasteiger partial charge < -0.3 is 10.2 Å². The molecular weight excluding hydrogens is 312 g/mol. The van der Waals surface area contributed by atoms with Gasteiger partial charge in [0.25, 0.3) is 0 Å². The summed E-state index contributed by atoms with van der Waals surface area (Å²) in [6.45, 7) is 5.58. The van der Waals surface area contributed by atoms with Crippen molar-refractivity contribution in [2.24, 2.45) is 5.92 Å². The van der Waals surface area contributed by atoms with Gasteiger partial charge in [0.05, 0.1) is 5.02 Å². The molecule has 18 heavy (non-hydrogen) atoms. The molecule has 2 fully saturated rings. The van der Waals surface area contributed by atoms with Gasteiger partial charge in [-0.1, -0.05) is 11.6 Å². The fraction of sp³-hybridized carbons (Fsp3) is 0.571. The molecule has 0 amide bonds. The molecule has 2 nitrogen and oxygen atoms in total. The highest BCUT2D eigenvalue weighted by Crippen LogP contribution is 2.41. The van der Waals surface area contributed by atoms with Crippen molar-refractivity contribution in [2.45, 2.75) is 25.3 Å². The summed E-state index contributed by atoms with van der Waals surface area (Å²) >= 11 is 9.57. The van der Waals surface area contributed by atoms with Crippen LogP contribution in [0.4, 0.5) is 5.69 Å². The van der Waals surface area contributed by atoms with Crippen LogP contribution in [0.3, 0.4) is 0 Å². The lowest BCUT2D eigenvalue weighted by Crippen LogP contribution is -2.60. The van der Waals surface area contributed by atoms with E-state index in [4.69, 9.17) is 11.6 Å². The number of anilines is 1. The van der Waals surface area contributed by atoms with Gasteiger partial charge >= 0.3 is 0 Å². The number of nitrogens with zero attached hydrogens (tertiary/aromatic N) is 1. The largest absolute Gasteiger partial charge is 0.368 e. The number of benzene rings is 1. The van der Waals surface area contributed by atoms with Crippen LogP contribution in [-0.4, -0.2) is 25.2 Å². The summed E-state index contributed by atoms with van der Waals surface area (Å²) in [6.07, 6.45) is 2.75. The van der Waals surface area contributed by atoms with Crippen molar-refractivity contribution < 1.29 is 0 Å². The topological polar surface area (TPSA) is 15.3 Å². The molecule has 0 aromatic heterocycles. The van der Waals surface area contributed by atoms with Gasteiger partial charge in [-0.2, -0.15) is 0 Å². The Morgan fingerprint density at radius 2 is 2.22 bits per heavy atom. The van der Waals surface area contributed by atoms with E-state index < -0.39 is 0 Å². The lowest BCUT2D eigenvalue weighted by molar-refractivity contribution is 0.285. The van der Waals surface area contributed by atoms with Crippen molar-refractivity contribution in [2.75, 3.05) is 24.5 Å². The molecule has 4 heteroatoms. The predicted octanol–water partition coefficient (Wildman–Crippen LogP) is 3.68. The van der Waals surface area contributed by atoms with Crippen LogP contribution < -0.4 is 10.2 Å². The molecule has 0 bridgehead atoms. The van der Waals surface area contributed by atoms with Gasteiger partial charge in [0.15, 0.2) is 0 Å². The average molecular weight is 330 g/mol. The molecule has 1 unspecified atom stereocenters. The maximum atomic E-state index is 6.06. The molecule has 1 saturated heterocycles. The number of piperazine rings is 1. The van der Waals surface area contributed by atoms with Crippen molar-refractivity contribution in [3.8, 4) is 0 Å². The fourth-order valence-electron chi connectivity index (χ4n) is 2.90. The molecule has 1 saturated carbocycles. The minimum Gasteiger partial charge on any atom is -0.368 e. The summed E-state index contributed by atoms with van der Waals surface area (Å²) in [4.78, 5) is 2.47. The molecule has 1 N–H and O–H groups in total. The van der Waals surface area contributed by atoms with E-state index in [-0.39, 0.29) is 5.54 Å². The minimum absolute atomic E-state index is 0.282. The van der Waals surface area contributed by atoms with Crippen molar-refractivity contribution in [3.63, 3.8) is 0 Å². The zero-order valence-electron chi connectivity index (χ0n) is 10.5. The van der Waals surface area contributed by atoms with Gasteiger partial charge in [-0.25, -0.2) is 0 Å². The van der Waals surface area contributed by atoms with E-state index in [1.54, 1.807) is 0 Å². The second-order valence-corrected chi connectivity index (χ2v) is 6.90. The van der Waals surface area contributed by atoms with Gasteiger partial charge in [-0.05, 0) is 59.8 Å². The van der Waals surface area contributed by atoms with Gasteiger partial charge in [-0.15, -0.1) is 0 Å². The van der Waals surface area contributed by atoms with E-state index in [0.717, 1.165) is 35.0 Å². The van der Waals surface area contributed by atoms with Crippen LogP contribution in [0.15, 0.2) is 22.7 Å². The fourth-order valence-corrected chi connectivity index (χ4v) is 3.39. The highest BCUT2D eigenvalue weighted by atomic mass is 79.9. The van der Waals surface area contributed by atoms with E-state index in [0.29, 0.717) is 0 Å². The van der Waals surface area contributed by atoms with Crippen molar-refractivity contribution in [3.05, 3.63) is 27.7 Å². The summed E-state index contributed by atoms with van der Waals surface area (Å²) in [5, 5.41) is 4.48. The predicted molar refractivity (Wildman–Crippen MR) is 80.5 cm³/mol. The molecule has 0 radical (unpaired) electrons. The van der Waals surface area contributed by atoms with Crippen molar-refractivity contribution >= 4 is 33.2 Å². The third-order valence-electron chi connectivity index (χ3n) is 4.18. The zero-order chi connectivity index (χ0) is 12.8. The number of hydrogen-bond acceptors (Lipinski definition) is 2. The highest BCUT2D eigenvalue weighted by Gasteiger charge is 2.43. The number of hydrogen-bond donors (Lipinski definition) is 1. The van der Waals surface area contributed by atoms with Gasteiger partial charge in [0, 0.05) is 35.3 Å². The maximum Gasteiger partial charge on any atom is 0.0549 e. The Hall–Kier alpha value is -0.250. The second kappa shape index (κ2) is 4.69. The third-order valence-corrected chi connectivity index (χ3v) is 5.39. The van der Waals surface area contributed by atoms with Crippen LogP contribution in [0.25, 0.3) is 0 Å². The monoisotopic (exact) mass is 328 g/mol. The van der Waals surface area contributed by atoms with Crippen molar-refractivity contribution in [1.82, 2.24) is 5.32 Å². The Bertz CT molecular complexity index is 461. The first-order chi connectivity index (χ1) is 8.58. The molecule has 2 aliphatic rings. The van der Waals surface area contributed by atoms with Crippen LogP contribution in [0.1, 0.15) is 19.8 Å². The molecule has 98 valence electrons. The Labute approximate surface area is 122 Å². The van der Waals surface area contributed by atoms with Gasteiger partial charge in [0.1, 0.15) is 0 Å². The number of halogens is 2.